The number of pyridine rings is 1. The zero-order valence-corrected chi connectivity index (χ0v) is 17.3. The van der Waals surface area contributed by atoms with Crippen molar-refractivity contribution in [2.45, 2.75) is 35.8 Å². The predicted molar refractivity (Wildman–Crippen MR) is 108 cm³/mol. The summed E-state index contributed by atoms with van der Waals surface area (Å²) in [5, 5.41) is 7.33. The number of piperidine rings is 1. The van der Waals surface area contributed by atoms with Gasteiger partial charge in [-0.05, 0) is 30.9 Å². The number of likely N-dealkylation sites (tertiary alicyclic amines) is 1. The Morgan fingerprint density at radius 2 is 1.80 bits per heavy atom. The summed E-state index contributed by atoms with van der Waals surface area (Å²) in [6, 6.07) is 9.99. The van der Waals surface area contributed by atoms with Crippen LogP contribution in [-0.2, 0) is 11.0 Å². The van der Waals surface area contributed by atoms with Crippen LogP contribution >= 0.6 is 23.4 Å². The molecule has 1 aliphatic rings. The number of nitrogens with zero attached hydrogens (tertiary/aromatic N) is 4. The third kappa shape index (κ3) is 4.27. The second-order valence-corrected chi connectivity index (χ2v) is 8.52. The number of carbonyl (C=O) groups excluding carboxylic acids is 1. The van der Waals surface area contributed by atoms with Gasteiger partial charge < -0.3 is 4.90 Å². The van der Waals surface area contributed by atoms with E-state index in [2.05, 4.69) is 10.2 Å². The normalized spacial score (nSPS) is 16.1. The highest BCUT2D eigenvalue weighted by Gasteiger charge is 2.33. The first-order valence-corrected chi connectivity index (χ1v) is 10.7. The van der Waals surface area contributed by atoms with Gasteiger partial charge in [0.2, 0.25) is 5.91 Å². The molecule has 1 unspecified atom stereocenters. The molecule has 2 aromatic heterocycles. The van der Waals surface area contributed by atoms with E-state index < -0.39 is 17.0 Å². The van der Waals surface area contributed by atoms with Crippen molar-refractivity contribution in [1.82, 2.24) is 19.5 Å². The average Bonchev–Trinajstić information content (AvgIpc) is 3.15. The minimum atomic E-state index is -4.56. The molecular weight excluding hydrogens is 437 g/mol. The summed E-state index contributed by atoms with van der Waals surface area (Å²) in [6.07, 6.45) is -0.684. The van der Waals surface area contributed by atoms with Gasteiger partial charge in [-0.2, -0.15) is 13.2 Å². The smallest absolute Gasteiger partial charge is 0.341 e. The van der Waals surface area contributed by atoms with E-state index in [1.807, 2.05) is 35.2 Å². The lowest BCUT2D eigenvalue weighted by molar-refractivity contribution is -0.138. The van der Waals surface area contributed by atoms with Crippen LogP contribution in [0.15, 0.2) is 47.8 Å². The van der Waals surface area contributed by atoms with Crippen LogP contribution < -0.4 is 0 Å². The van der Waals surface area contributed by atoms with E-state index in [4.69, 9.17) is 11.6 Å². The minimum absolute atomic E-state index is 0.0827. The number of carbonyl (C=O) groups is 1. The van der Waals surface area contributed by atoms with Crippen molar-refractivity contribution in [2.75, 3.05) is 13.1 Å². The molecule has 0 saturated carbocycles. The number of alkyl halides is 3. The molecule has 1 fully saturated rings. The van der Waals surface area contributed by atoms with E-state index in [-0.39, 0.29) is 21.7 Å². The van der Waals surface area contributed by atoms with Crippen molar-refractivity contribution in [3.05, 3.63) is 58.7 Å². The maximum atomic E-state index is 13.3. The summed E-state index contributed by atoms with van der Waals surface area (Å²) in [4.78, 5) is 15.1. The summed E-state index contributed by atoms with van der Waals surface area (Å²) in [7, 11) is 0. The van der Waals surface area contributed by atoms with Crippen LogP contribution in [0, 0.1) is 0 Å². The SMILES string of the molecule is O=C(C(Sc1nnc2c(Cl)cc(C(F)(F)F)cn12)c1ccccc1)N1CCCCC1. The van der Waals surface area contributed by atoms with Gasteiger partial charge in [0.05, 0.1) is 10.6 Å². The zero-order chi connectivity index (χ0) is 21.3. The molecule has 1 amide bonds. The molecule has 0 radical (unpaired) electrons. The van der Waals surface area contributed by atoms with E-state index in [1.54, 1.807) is 0 Å². The van der Waals surface area contributed by atoms with E-state index in [0.717, 1.165) is 48.9 Å². The van der Waals surface area contributed by atoms with Gasteiger partial charge in [0.1, 0.15) is 5.25 Å². The van der Waals surface area contributed by atoms with Gasteiger partial charge in [0.25, 0.3) is 0 Å². The number of halogens is 4. The summed E-state index contributed by atoms with van der Waals surface area (Å²) in [6.45, 7) is 1.35. The van der Waals surface area contributed by atoms with E-state index in [9.17, 15) is 18.0 Å². The molecule has 1 aliphatic heterocycles. The lowest BCUT2D eigenvalue weighted by Gasteiger charge is -2.30. The van der Waals surface area contributed by atoms with Crippen molar-refractivity contribution in [3.8, 4) is 0 Å². The monoisotopic (exact) mass is 454 g/mol. The fraction of sp³-hybridized carbons (Fsp3) is 0.350. The Labute approximate surface area is 180 Å². The van der Waals surface area contributed by atoms with E-state index >= 15 is 0 Å². The average molecular weight is 455 g/mol. The molecule has 30 heavy (non-hydrogen) atoms. The standard InChI is InChI=1S/C20H18ClF3N4OS/c21-15-11-14(20(22,23)24)12-28-17(15)25-26-19(28)30-16(13-7-3-1-4-8-13)18(29)27-9-5-2-6-10-27/h1,3-4,7-8,11-12,16H,2,5-6,9-10H2. The molecule has 5 nitrogen and oxygen atoms in total. The van der Waals surface area contributed by atoms with Gasteiger partial charge in [0, 0.05) is 19.3 Å². The highest BCUT2D eigenvalue weighted by molar-refractivity contribution is 8.00. The summed E-state index contributed by atoms with van der Waals surface area (Å²) in [5.41, 5.74) is -0.0300. The number of amides is 1. The molecule has 3 heterocycles. The first-order chi connectivity index (χ1) is 14.3. The van der Waals surface area contributed by atoms with Crippen molar-refractivity contribution >= 4 is 34.9 Å². The highest BCUT2D eigenvalue weighted by atomic mass is 35.5. The number of fused-ring (bicyclic) bond motifs is 1. The minimum Gasteiger partial charge on any atom is -0.341 e. The van der Waals surface area contributed by atoms with Crippen molar-refractivity contribution < 1.29 is 18.0 Å². The Balaban J connectivity index is 1.73. The van der Waals surface area contributed by atoms with Crippen molar-refractivity contribution in [3.63, 3.8) is 0 Å². The van der Waals surface area contributed by atoms with Crippen LogP contribution in [0.4, 0.5) is 13.2 Å². The van der Waals surface area contributed by atoms with Gasteiger partial charge in [-0.25, -0.2) is 0 Å². The van der Waals surface area contributed by atoms with Gasteiger partial charge in [-0.1, -0.05) is 53.7 Å². The largest absolute Gasteiger partial charge is 0.417 e. The predicted octanol–water partition coefficient (Wildman–Crippen LogP) is 5.25. The Hall–Kier alpha value is -2.26. The van der Waals surface area contributed by atoms with E-state index in [0.29, 0.717) is 13.1 Å². The first kappa shape index (κ1) is 21.0. The van der Waals surface area contributed by atoms with Crippen LogP contribution in [0.1, 0.15) is 35.6 Å². The third-order valence-corrected chi connectivity index (χ3v) is 6.45. The maximum absolute atomic E-state index is 13.3. The molecule has 10 heteroatoms. The Kier molecular flexibility index (Phi) is 5.92. The zero-order valence-electron chi connectivity index (χ0n) is 15.8. The highest BCUT2D eigenvalue weighted by Crippen LogP contribution is 2.38. The summed E-state index contributed by atoms with van der Waals surface area (Å²) < 4.78 is 41.0. The summed E-state index contributed by atoms with van der Waals surface area (Å²) in [5.74, 6) is -0.0827. The van der Waals surface area contributed by atoms with Crippen molar-refractivity contribution in [1.29, 1.82) is 0 Å². The molecule has 3 aromatic rings. The molecule has 0 aliphatic carbocycles. The second-order valence-electron chi connectivity index (χ2n) is 7.05. The number of aromatic nitrogens is 3. The third-order valence-electron chi connectivity index (χ3n) is 4.97. The van der Waals surface area contributed by atoms with Gasteiger partial charge in [-0.15, -0.1) is 10.2 Å². The Bertz CT molecular complexity index is 1050. The molecule has 1 saturated heterocycles. The molecule has 1 atom stereocenters. The maximum Gasteiger partial charge on any atom is 0.417 e. The lowest BCUT2D eigenvalue weighted by atomic mass is 10.1. The van der Waals surface area contributed by atoms with Crippen LogP contribution in [0.5, 0.6) is 0 Å². The number of hydrogen-bond acceptors (Lipinski definition) is 4. The van der Waals surface area contributed by atoms with Crippen LogP contribution in [0.2, 0.25) is 5.02 Å². The summed E-state index contributed by atoms with van der Waals surface area (Å²) >= 11 is 7.09. The fourth-order valence-corrected chi connectivity index (χ4v) is 4.78. The Morgan fingerprint density at radius 3 is 2.47 bits per heavy atom. The molecule has 0 spiro atoms. The molecule has 0 N–H and O–H groups in total. The molecular formula is C20H18ClF3N4OS. The number of thioether (sulfide) groups is 1. The van der Waals surface area contributed by atoms with Gasteiger partial charge >= 0.3 is 6.18 Å². The van der Waals surface area contributed by atoms with Crippen molar-refractivity contribution in [2.24, 2.45) is 0 Å². The van der Waals surface area contributed by atoms with Crippen LogP contribution in [0.25, 0.3) is 5.65 Å². The molecule has 158 valence electrons. The van der Waals surface area contributed by atoms with Gasteiger partial charge in [0.15, 0.2) is 10.8 Å². The van der Waals surface area contributed by atoms with Crippen LogP contribution in [0.3, 0.4) is 0 Å². The molecule has 4 rings (SSSR count). The molecule has 0 bridgehead atoms. The fourth-order valence-electron chi connectivity index (χ4n) is 3.44. The second kappa shape index (κ2) is 8.47. The lowest BCUT2D eigenvalue weighted by Crippen LogP contribution is -2.38. The van der Waals surface area contributed by atoms with E-state index in [1.165, 1.54) is 4.40 Å². The number of rotatable bonds is 4. The first-order valence-electron chi connectivity index (χ1n) is 9.46. The quantitative estimate of drug-likeness (QED) is 0.505. The van der Waals surface area contributed by atoms with Gasteiger partial charge in [-0.3, -0.25) is 9.20 Å². The van der Waals surface area contributed by atoms with Crippen LogP contribution in [-0.4, -0.2) is 38.5 Å². The number of benzene rings is 1. The number of hydrogen-bond donors (Lipinski definition) is 0. The Morgan fingerprint density at radius 1 is 1.10 bits per heavy atom. The topological polar surface area (TPSA) is 50.5 Å². The molecule has 1 aromatic carbocycles.